The van der Waals surface area contributed by atoms with Gasteiger partial charge in [0, 0.05) is 22.4 Å². The number of furan rings is 1. The third kappa shape index (κ3) is 2.07. The number of thiophene rings is 1. The number of hydrogen-bond donors (Lipinski definition) is 2. The highest BCUT2D eigenvalue weighted by Crippen LogP contribution is 2.37. The topological polar surface area (TPSA) is 70.9 Å². The van der Waals surface area contributed by atoms with Gasteiger partial charge in [0.05, 0.1) is 18.4 Å². The predicted octanol–water partition coefficient (Wildman–Crippen LogP) is 3.07. The van der Waals surface area contributed by atoms with Crippen molar-refractivity contribution >= 4 is 17.2 Å². The third-order valence-electron chi connectivity index (χ3n) is 4.02. The number of nitrogens with one attached hydrogen (secondary N) is 2. The van der Waals surface area contributed by atoms with Crippen LogP contribution in [0.15, 0.2) is 28.1 Å². The molecule has 4 rings (SSSR count). The molecule has 0 unspecified atom stereocenters. The normalized spacial score (nSPS) is 12.8. The zero-order valence-electron chi connectivity index (χ0n) is 12.1. The summed E-state index contributed by atoms with van der Waals surface area (Å²) in [5.41, 5.74) is 4.05. The van der Waals surface area contributed by atoms with Gasteiger partial charge in [0.1, 0.15) is 5.76 Å². The van der Waals surface area contributed by atoms with Crippen LogP contribution in [0.5, 0.6) is 0 Å². The third-order valence-corrected chi connectivity index (χ3v) is 4.89. The van der Waals surface area contributed by atoms with Crippen molar-refractivity contribution in [2.24, 2.45) is 0 Å². The van der Waals surface area contributed by atoms with Gasteiger partial charge in [-0.05, 0) is 30.4 Å². The van der Waals surface area contributed by atoms with Gasteiger partial charge >= 0.3 is 0 Å². The first-order chi connectivity index (χ1) is 10.7. The van der Waals surface area contributed by atoms with Crippen molar-refractivity contribution in [2.75, 3.05) is 0 Å². The highest BCUT2D eigenvalue weighted by Gasteiger charge is 2.28. The lowest BCUT2D eigenvalue weighted by atomic mass is 9.93. The molecule has 0 bridgehead atoms. The average Bonchev–Trinajstić information content (AvgIpc) is 3.24. The molecule has 0 atom stereocenters. The first-order valence-corrected chi connectivity index (χ1v) is 8.07. The fourth-order valence-corrected chi connectivity index (χ4v) is 3.56. The summed E-state index contributed by atoms with van der Waals surface area (Å²) in [5.74, 6) is 1.11. The fourth-order valence-electron chi connectivity index (χ4n) is 2.92. The Balaban J connectivity index is 1.63. The number of rotatable bonds is 3. The predicted molar refractivity (Wildman–Crippen MR) is 83.9 cm³/mol. The molecule has 3 heterocycles. The highest BCUT2D eigenvalue weighted by molar-refractivity contribution is 7.09. The number of H-pyrrole nitrogens is 1. The van der Waals surface area contributed by atoms with Crippen molar-refractivity contribution in [3.63, 3.8) is 0 Å². The van der Waals surface area contributed by atoms with E-state index in [0.717, 1.165) is 40.3 Å². The second-order valence-corrected chi connectivity index (χ2v) is 6.42. The molecule has 1 amide bonds. The van der Waals surface area contributed by atoms with Crippen LogP contribution in [0, 0.1) is 6.92 Å². The van der Waals surface area contributed by atoms with Gasteiger partial charge in [-0.2, -0.15) is 5.10 Å². The van der Waals surface area contributed by atoms with Crippen LogP contribution in [0.2, 0.25) is 0 Å². The minimum Gasteiger partial charge on any atom is -0.455 e. The number of aryl methyl sites for hydroxylation is 2. The van der Waals surface area contributed by atoms with Crippen LogP contribution >= 0.6 is 11.3 Å². The molecular weight excluding hydrogens is 298 g/mol. The maximum atomic E-state index is 12.4. The van der Waals surface area contributed by atoms with Crippen LogP contribution in [0.3, 0.4) is 0 Å². The smallest absolute Gasteiger partial charge is 0.287 e. The summed E-state index contributed by atoms with van der Waals surface area (Å²) >= 11 is 1.62. The standard InChI is InChI=1S/C16H15N3O2S/c1-9-13-12(5-4-10-7-18-19-14(10)13)21-15(9)16(20)17-8-11-3-2-6-22-11/h2-3,6-7H,4-5,8H2,1H3,(H,17,20)(H,18,19). The van der Waals surface area contributed by atoms with Crippen LogP contribution in [0.4, 0.5) is 0 Å². The van der Waals surface area contributed by atoms with E-state index in [1.54, 1.807) is 11.3 Å². The molecule has 0 radical (unpaired) electrons. The van der Waals surface area contributed by atoms with Crippen LogP contribution in [-0.2, 0) is 19.4 Å². The van der Waals surface area contributed by atoms with Gasteiger partial charge in [0.25, 0.3) is 5.91 Å². The average molecular weight is 313 g/mol. The summed E-state index contributed by atoms with van der Waals surface area (Å²) in [7, 11) is 0. The van der Waals surface area contributed by atoms with Crippen molar-refractivity contribution < 1.29 is 9.21 Å². The Morgan fingerprint density at radius 3 is 3.23 bits per heavy atom. The molecule has 6 heteroatoms. The molecule has 1 aliphatic rings. The quantitative estimate of drug-likeness (QED) is 0.780. The lowest BCUT2D eigenvalue weighted by molar-refractivity contribution is 0.0921. The number of nitrogens with zero attached hydrogens (tertiary/aromatic N) is 1. The molecule has 0 aliphatic heterocycles. The van der Waals surface area contributed by atoms with Crippen LogP contribution in [-0.4, -0.2) is 16.1 Å². The summed E-state index contributed by atoms with van der Waals surface area (Å²) in [6.45, 7) is 2.45. The minimum absolute atomic E-state index is 0.165. The van der Waals surface area contributed by atoms with E-state index in [-0.39, 0.29) is 5.91 Å². The monoisotopic (exact) mass is 313 g/mol. The van der Waals surface area contributed by atoms with E-state index >= 15 is 0 Å². The molecule has 0 fully saturated rings. The fraction of sp³-hybridized carbons (Fsp3) is 0.250. The first kappa shape index (κ1) is 13.3. The Kier molecular flexibility index (Phi) is 3.11. The van der Waals surface area contributed by atoms with E-state index < -0.39 is 0 Å². The van der Waals surface area contributed by atoms with Crippen LogP contribution in [0.1, 0.15) is 32.3 Å². The van der Waals surface area contributed by atoms with Crippen LogP contribution in [0.25, 0.3) is 11.3 Å². The molecule has 3 aromatic heterocycles. The van der Waals surface area contributed by atoms with E-state index in [1.807, 2.05) is 30.6 Å². The number of carbonyl (C=O) groups excluding carboxylic acids is 1. The molecular formula is C16H15N3O2S. The van der Waals surface area contributed by atoms with E-state index in [9.17, 15) is 4.79 Å². The van der Waals surface area contributed by atoms with Crippen molar-refractivity contribution in [2.45, 2.75) is 26.3 Å². The second kappa shape index (κ2) is 5.14. The van der Waals surface area contributed by atoms with Gasteiger partial charge in [-0.3, -0.25) is 9.89 Å². The van der Waals surface area contributed by atoms with Gasteiger partial charge < -0.3 is 9.73 Å². The Morgan fingerprint density at radius 1 is 1.50 bits per heavy atom. The lowest BCUT2D eigenvalue weighted by Crippen LogP contribution is -2.22. The molecule has 3 aromatic rings. The zero-order valence-corrected chi connectivity index (χ0v) is 12.9. The number of carbonyl (C=O) groups is 1. The van der Waals surface area contributed by atoms with Crippen LogP contribution < -0.4 is 5.32 Å². The number of aromatic nitrogens is 2. The van der Waals surface area contributed by atoms with Crippen molar-refractivity contribution in [1.29, 1.82) is 0 Å². The molecule has 5 nitrogen and oxygen atoms in total. The summed E-state index contributed by atoms with van der Waals surface area (Å²) in [6, 6.07) is 3.98. The Labute approximate surface area is 131 Å². The summed E-state index contributed by atoms with van der Waals surface area (Å²) in [4.78, 5) is 13.5. The molecule has 112 valence electrons. The Morgan fingerprint density at radius 2 is 2.41 bits per heavy atom. The van der Waals surface area contributed by atoms with E-state index in [2.05, 4.69) is 15.5 Å². The summed E-state index contributed by atoms with van der Waals surface area (Å²) in [6.07, 6.45) is 3.55. The highest BCUT2D eigenvalue weighted by atomic mass is 32.1. The van der Waals surface area contributed by atoms with Gasteiger partial charge in [-0.1, -0.05) is 6.07 Å². The maximum Gasteiger partial charge on any atom is 0.287 e. The van der Waals surface area contributed by atoms with Gasteiger partial charge in [-0.25, -0.2) is 0 Å². The molecule has 22 heavy (non-hydrogen) atoms. The van der Waals surface area contributed by atoms with E-state index in [4.69, 9.17) is 4.42 Å². The molecule has 0 saturated heterocycles. The zero-order chi connectivity index (χ0) is 15.1. The van der Waals surface area contributed by atoms with E-state index in [0.29, 0.717) is 12.3 Å². The second-order valence-electron chi connectivity index (χ2n) is 5.39. The Hall–Kier alpha value is -2.34. The largest absolute Gasteiger partial charge is 0.455 e. The number of amides is 1. The van der Waals surface area contributed by atoms with Crippen molar-refractivity contribution in [1.82, 2.24) is 15.5 Å². The SMILES string of the molecule is Cc1c(C(=O)NCc2cccs2)oc2c1-c1[nH]ncc1CC2. The molecule has 0 aromatic carbocycles. The molecule has 2 N–H and O–H groups in total. The number of aromatic amines is 1. The lowest BCUT2D eigenvalue weighted by Gasteiger charge is -2.09. The maximum absolute atomic E-state index is 12.4. The van der Waals surface area contributed by atoms with Gasteiger partial charge in [-0.15, -0.1) is 11.3 Å². The molecule has 0 spiro atoms. The van der Waals surface area contributed by atoms with E-state index in [1.165, 1.54) is 5.56 Å². The van der Waals surface area contributed by atoms with Gasteiger partial charge in [0.2, 0.25) is 0 Å². The van der Waals surface area contributed by atoms with Crippen molar-refractivity contribution in [3.05, 3.63) is 51.2 Å². The number of hydrogen-bond acceptors (Lipinski definition) is 4. The minimum atomic E-state index is -0.165. The summed E-state index contributed by atoms with van der Waals surface area (Å²) < 4.78 is 5.84. The van der Waals surface area contributed by atoms with Crippen molar-refractivity contribution in [3.8, 4) is 11.3 Å². The molecule has 1 aliphatic carbocycles. The summed E-state index contributed by atoms with van der Waals surface area (Å²) in [5, 5.41) is 12.0. The Bertz CT molecular complexity index is 830. The first-order valence-electron chi connectivity index (χ1n) is 7.19. The molecule has 0 saturated carbocycles. The number of fused-ring (bicyclic) bond motifs is 3. The van der Waals surface area contributed by atoms with Gasteiger partial charge in [0.15, 0.2) is 5.76 Å².